The molecule has 1 saturated heterocycles. The standard InChI is InChI=1S/C5H10O2S/c1-8-5-3-7-2-4(5)6/h4-6H,2-3H2,1H3/t4-,5-/m1/s1. The van der Waals surface area contributed by atoms with Gasteiger partial charge in [-0.2, -0.15) is 11.8 Å². The average Bonchev–Trinajstić information content (AvgIpc) is 2.14. The quantitative estimate of drug-likeness (QED) is 0.552. The van der Waals surface area contributed by atoms with Crippen molar-refractivity contribution in [2.75, 3.05) is 19.5 Å². The van der Waals surface area contributed by atoms with Gasteiger partial charge >= 0.3 is 0 Å². The molecular weight excluding hydrogens is 124 g/mol. The van der Waals surface area contributed by atoms with Gasteiger partial charge in [-0.15, -0.1) is 0 Å². The molecule has 2 atom stereocenters. The second-order valence-corrected chi connectivity index (χ2v) is 2.96. The molecule has 1 N–H and O–H groups in total. The Bertz CT molecular complexity index is 76.8. The summed E-state index contributed by atoms with van der Waals surface area (Å²) in [7, 11) is 0. The van der Waals surface area contributed by atoms with Gasteiger partial charge in [0.15, 0.2) is 0 Å². The highest BCUT2D eigenvalue weighted by Crippen LogP contribution is 2.17. The molecule has 1 rings (SSSR count). The topological polar surface area (TPSA) is 29.5 Å². The molecule has 2 nitrogen and oxygen atoms in total. The number of aliphatic hydroxyl groups is 1. The lowest BCUT2D eigenvalue weighted by Gasteiger charge is -2.06. The van der Waals surface area contributed by atoms with Crippen molar-refractivity contribution >= 4 is 11.8 Å². The molecule has 0 radical (unpaired) electrons. The fraction of sp³-hybridized carbons (Fsp3) is 1.00. The first-order valence-corrected chi connectivity index (χ1v) is 3.92. The Balaban J connectivity index is 2.30. The van der Waals surface area contributed by atoms with Crippen molar-refractivity contribution in [1.82, 2.24) is 0 Å². The monoisotopic (exact) mass is 134 g/mol. The van der Waals surface area contributed by atoms with Crippen molar-refractivity contribution in [3.8, 4) is 0 Å². The highest BCUT2D eigenvalue weighted by Gasteiger charge is 2.24. The van der Waals surface area contributed by atoms with Gasteiger partial charge in [0.05, 0.1) is 24.6 Å². The third kappa shape index (κ3) is 1.16. The van der Waals surface area contributed by atoms with E-state index in [1.54, 1.807) is 11.8 Å². The summed E-state index contributed by atoms with van der Waals surface area (Å²) in [6.45, 7) is 1.23. The summed E-state index contributed by atoms with van der Waals surface area (Å²) in [4.78, 5) is 0. The van der Waals surface area contributed by atoms with Gasteiger partial charge in [0.1, 0.15) is 0 Å². The fourth-order valence-corrected chi connectivity index (χ4v) is 1.37. The van der Waals surface area contributed by atoms with E-state index in [9.17, 15) is 0 Å². The van der Waals surface area contributed by atoms with Crippen LogP contribution < -0.4 is 0 Å². The molecule has 1 fully saturated rings. The zero-order chi connectivity index (χ0) is 5.98. The van der Waals surface area contributed by atoms with Crippen LogP contribution in [0.1, 0.15) is 0 Å². The van der Waals surface area contributed by atoms with Gasteiger partial charge in [-0.05, 0) is 6.26 Å². The van der Waals surface area contributed by atoms with E-state index < -0.39 is 0 Å². The van der Waals surface area contributed by atoms with Gasteiger partial charge in [0.2, 0.25) is 0 Å². The lowest BCUT2D eigenvalue weighted by Crippen LogP contribution is -2.19. The van der Waals surface area contributed by atoms with Gasteiger partial charge in [-0.25, -0.2) is 0 Å². The first-order valence-electron chi connectivity index (χ1n) is 2.63. The van der Waals surface area contributed by atoms with E-state index in [4.69, 9.17) is 9.84 Å². The summed E-state index contributed by atoms with van der Waals surface area (Å²) in [6, 6.07) is 0. The predicted octanol–water partition coefficient (Wildman–Crippen LogP) is 0.109. The van der Waals surface area contributed by atoms with E-state index in [1.807, 2.05) is 6.26 Å². The van der Waals surface area contributed by atoms with Gasteiger partial charge in [0, 0.05) is 0 Å². The van der Waals surface area contributed by atoms with Crippen molar-refractivity contribution < 1.29 is 9.84 Å². The summed E-state index contributed by atoms with van der Waals surface area (Å²) < 4.78 is 4.99. The zero-order valence-electron chi connectivity index (χ0n) is 4.83. The highest BCUT2D eigenvalue weighted by molar-refractivity contribution is 7.99. The lowest BCUT2D eigenvalue weighted by molar-refractivity contribution is 0.127. The van der Waals surface area contributed by atoms with Crippen LogP contribution in [0.3, 0.4) is 0 Å². The Morgan fingerprint density at radius 3 is 2.62 bits per heavy atom. The van der Waals surface area contributed by atoms with Crippen LogP contribution in [0, 0.1) is 0 Å². The van der Waals surface area contributed by atoms with Gasteiger partial charge in [0.25, 0.3) is 0 Å². The third-order valence-corrected chi connectivity index (χ3v) is 2.36. The number of thioether (sulfide) groups is 1. The lowest BCUT2D eigenvalue weighted by atomic mass is 10.3. The summed E-state index contributed by atoms with van der Waals surface area (Å²) in [5.74, 6) is 0. The maximum atomic E-state index is 9.04. The molecule has 0 aromatic rings. The number of aliphatic hydroxyl groups excluding tert-OH is 1. The molecule has 0 saturated carbocycles. The fourth-order valence-electron chi connectivity index (χ4n) is 0.748. The summed E-state index contributed by atoms with van der Waals surface area (Å²) >= 11 is 1.67. The molecular formula is C5H10O2S. The van der Waals surface area contributed by atoms with Crippen LogP contribution in [0.4, 0.5) is 0 Å². The molecule has 48 valence electrons. The van der Waals surface area contributed by atoms with Gasteiger partial charge in [-0.3, -0.25) is 0 Å². The van der Waals surface area contributed by atoms with Crippen LogP contribution in [-0.2, 0) is 4.74 Å². The molecule has 0 bridgehead atoms. The van der Waals surface area contributed by atoms with Crippen molar-refractivity contribution in [3.63, 3.8) is 0 Å². The first kappa shape index (κ1) is 6.39. The third-order valence-electron chi connectivity index (χ3n) is 1.30. The Kier molecular flexibility index (Phi) is 2.16. The predicted molar refractivity (Wildman–Crippen MR) is 34.1 cm³/mol. The van der Waals surface area contributed by atoms with Crippen molar-refractivity contribution in [2.24, 2.45) is 0 Å². The minimum absolute atomic E-state index is 0.231. The van der Waals surface area contributed by atoms with Crippen LogP contribution in [0.5, 0.6) is 0 Å². The molecule has 1 heterocycles. The molecule has 3 heteroatoms. The maximum absolute atomic E-state index is 9.04. The number of hydrogen-bond donors (Lipinski definition) is 1. The number of ether oxygens (including phenoxy) is 1. The van der Waals surface area contributed by atoms with E-state index in [2.05, 4.69) is 0 Å². The van der Waals surface area contributed by atoms with Crippen LogP contribution in [0.25, 0.3) is 0 Å². The van der Waals surface area contributed by atoms with Crippen LogP contribution in [0.15, 0.2) is 0 Å². The zero-order valence-corrected chi connectivity index (χ0v) is 5.65. The summed E-state index contributed by atoms with van der Waals surface area (Å²) in [6.07, 6.45) is 1.76. The molecule has 0 unspecified atom stereocenters. The molecule has 0 amide bonds. The molecule has 0 spiro atoms. The normalized spacial score (nSPS) is 38.2. The second-order valence-electron chi connectivity index (χ2n) is 1.88. The van der Waals surface area contributed by atoms with E-state index in [0.29, 0.717) is 18.5 Å². The Hall–Kier alpha value is 0.270. The Morgan fingerprint density at radius 1 is 1.62 bits per heavy atom. The molecule has 1 aliphatic rings. The van der Waals surface area contributed by atoms with Crippen molar-refractivity contribution in [2.45, 2.75) is 11.4 Å². The second kappa shape index (κ2) is 2.71. The van der Waals surface area contributed by atoms with Crippen LogP contribution in [0.2, 0.25) is 0 Å². The van der Waals surface area contributed by atoms with Crippen molar-refractivity contribution in [3.05, 3.63) is 0 Å². The van der Waals surface area contributed by atoms with Gasteiger partial charge < -0.3 is 9.84 Å². The largest absolute Gasteiger partial charge is 0.389 e. The molecule has 0 aromatic heterocycles. The Labute approximate surface area is 53.2 Å². The van der Waals surface area contributed by atoms with E-state index in [-0.39, 0.29) is 6.10 Å². The minimum Gasteiger partial charge on any atom is -0.389 e. The van der Waals surface area contributed by atoms with Crippen LogP contribution in [-0.4, -0.2) is 35.9 Å². The SMILES string of the molecule is CS[C@@H]1COC[C@H]1O. The highest BCUT2D eigenvalue weighted by atomic mass is 32.2. The molecule has 8 heavy (non-hydrogen) atoms. The first-order chi connectivity index (χ1) is 3.84. The van der Waals surface area contributed by atoms with E-state index >= 15 is 0 Å². The van der Waals surface area contributed by atoms with Gasteiger partial charge in [-0.1, -0.05) is 0 Å². The van der Waals surface area contributed by atoms with E-state index in [1.165, 1.54) is 0 Å². The maximum Gasteiger partial charge on any atom is 0.0914 e. The number of rotatable bonds is 1. The summed E-state index contributed by atoms with van der Waals surface area (Å²) in [5, 5.41) is 9.36. The molecule has 0 aliphatic carbocycles. The van der Waals surface area contributed by atoms with Crippen molar-refractivity contribution in [1.29, 1.82) is 0 Å². The smallest absolute Gasteiger partial charge is 0.0914 e. The molecule has 0 aromatic carbocycles. The molecule has 1 aliphatic heterocycles. The van der Waals surface area contributed by atoms with Crippen LogP contribution >= 0.6 is 11.8 Å². The van der Waals surface area contributed by atoms with E-state index in [0.717, 1.165) is 0 Å². The minimum atomic E-state index is -0.231. The average molecular weight is 134 g/mol. The Morgan fingerprint density at radius 2 is 2.38 bits per heavy atom. The number of hydrogen-bond acceptors (Lipinski definition) is 3. The summed E-state index contributed by atoms with van der Waals surface area (Å²) in [5.41, 5.74) is 0.